The molecule has 0 unspecified atom stereocenters. The Balaban J connectivity index is 1.92. The summed E-state index contributed by atoms with van der Waals surface area (Å²) in [6.07, 6.45) is -3.89. The number of anilines is 1. The zero-order valence-electron chi connectivity index (χ0n) is 11.9. The number of alkyl halides is 3. The maximum absolute atomic E-state index is 12.5. The van der Waals surface area contributed by atoms with Crippen LogP contribution in [-0.2, 0) is 26.2 Å². The van der Waals surface area contributed by atoms with Crippen molar-refractivity contribution in [3.8, 4) is 0 Å². The number of amides is 2. The van der Waals surface area contributed by atoms with Gasteiger partial charge in [-0.05, 0) is 6.07 Å². The van der Waals surface area contributed by atoms with Crippen LogP contribution in [0.4, 0.5) is 23.8 Å². The topological polar surface area (TPSA) is 85.0 Å². The van der Waals surface area contributed by atoms with Gasteiger partial charge in [-0.15, -0.1) is 0 Å². The van der Waals surface area contributed by atoms with Crippen molar-refractivity contribution in [1.29, 1.82) is 0 Å². The molecule has 120 valence electrons. The first kappa shape index (κ1) is 15.9. The van der Waals surface area contributed by atoms with Crippen molar-refractivity contribution < 1.29 is 22.5 Å². The van der Waals surface area contributed by atoms with Crippen LogP contribution in [0, 0.1) is 0 Å². The Labute approximate surface area is 123 Å². The quantitative estimate of drug-likeness (QED) is 0.906. The van der Waals surface area contributed by atoms with Crippen molar-refractivity contribution in [3.05, 3.63) is 29.3 Å². The van der Waals surface area contributed by atoms with Crippen LogP contribution >= 0.6 is 0 Å². The zero-order valence-corrected chi connectivity index (χ0v) is 11.9. The molecule has 22 heavy (non-hydrogen) atoms. The predicted molar refractivity (Wildman–Crippen MR) is 69.9 cm³/mol. The van der Waals surface area contributed by atoms with Crippen LogP contribution in [0.2, 0.25) is 0 Å². The first-order valence-electron chi connectivity index (χ1n) is 6.40. The van der Waals surface area contributed by atoms with E-state index in [1.54, 1.807) is 6.07 Å². The molecule has 0 aromatic carbocycles. The molecular formula is C12H14F3N5O2. The summed E-state index contributed by atoms with van der Waals surface area (Å²) in [5.74, 6) is 0.840. The summed E-state index contributed by atoms with van der Waals surface area (Å²) in [7, 11) is 1.37. The number of aryl methyl sites for hydroxylation is 2. The van der Waals surface area contributed by atoms with Crippen LogP contribution in [0.5, 0.6) is 0 Å². The number of nitrogens with zero attached hydrogens (tertiary/aromatic N) is 3. The van der Waals surface area contributed by atoms with E-state index < -0.39 is 17.9 Å². The summed E-state index contributed by atoms with van der Waals surface area (Å²) < 4.78 is 43.5. The molecule has 2 heterocycles. The SMILES string of the molecule is CCc1cc(NC(=O)NCc2cc(C(F)(F)F)nn2C)no1. The van der Waals surface area contributed by atoms with E-state index in [4.69, 9.17) is 4.52 Å². The summed E-state index contributed by atoms with van der Waals surface area (Å²) in [5.41, 5.74) is -0.784. The minimum atomic E-state index is -4.52. The Hall–Kier alpha value is -2.52. The monoisotopic (exact) mass is 317 g/mol. The number of hydrogen-bond acceptors (Lipinski definition) is 4. The van der Waals surface area contributed by atoms with Gasteiger partial charge in [-0.25, -0.2) is 4.79 Å². The predicted octanol–water partition coefficient (Wildman–Crippen LogP) is 2.31. The molecular weight excluding hydrogens is 303 g/mol. The number of carbonyl (C=O) groups excluding carboxylic acids is 1. The Morgan fingerprint density at radius 1 is 1.41 bits per heavy atom. The summed E-state index contributed by atoms with van der Waals surface area (Å²) in [4.78, 5) is 11.6. The fourth-order valence-electron chi connectivity index (χ4n) is 1.68. The molecule has 2 rings (SSSR count). The number of halogens is 3. The first-order valence-corrected chi connectivity index (χ1v) is 6.40. The highest BCUT2D eigenvalue weighted by Gasteiger charge is 2.34. The molecule has 0 aliphatic rings. The molecule has 2 aromatic rings. The molecule has 0 aliphatic carbocycles. The lowest BCUT2D eigenvalue weighted by molar-refractivity contribution is -0.141. The summed E-state index contributed by atoms with van der Waals surface area (Å²) in [6, 6.07) is 1.84. The molecule has 0 atom stereocenters. The van der Waals surface area contributed by atoms with Gasteiger partial charge in [-0.3, -0.25) is 10.00 Å². The van der Waals surface area contributed by atoms with Gasteiger partial charge >= 0.3 is 12.2 Å². The van der Waals surface area contributed by atoms with Crippen LogP contribution in [0.3, 0.4) is 0 Å². The van der Waals surface area contributed by atoms with E-state index in [-0.39, 0.29) is 18.1 Å². The van der Waals surface area contributed by atoms with Crippen LogP contribution in [0.25, 0.3) is 0 Å². The fraction of sp³-hybridized carbons (Fsp3) is 0.417. The first-order chi connectivity index (χ1) is 10.3. The third kappa shape index (κ3) is 3.77. The van der Waals surface area contributed by atoms with Gasteiger partial charge in [0, 0.05) is 19.5 Å². The van der Waals surface area contributed by atoms with Crippen molar-refractivity contribution in [2.24, 2.45) is 7.05 Å². The molecule has 0 saturated carbocycles. The standard InChI is InChI=1S/C12H14F3N5O2/c1-3-8-5-10(19-22-8)17-11(21)16-6-7-4-9(12(13,14)15)18-20(7)2/h4-5H,3,6H2,1-2H3,(H2,16,17,19,21). The molecule has 0 saturated heterocycles. The van der Waals surface area contributed by atoms with E-state index in [0.717, 1.165) is 10.7 Å². The van der Waals surface area contributed by atoms with E-state index in [1.165, 1.54) is 7.05 Å². The normalized spacial score (nSPS) is 11.5. The number of rotatable bonds is 4. The smallest absolute Gasteiger partial charge is 0.359 e. The Bertz CT molecular complexity index is 662. The summed E-state index contributed by atoms with van der Waals surface area (Å²) in [5, 5.41) is 11.8. The molecule has 10 heteroatoms. The summed E-state index contributed by atoms with van der Waals surface area (Å²) >= 11 is 0. The average molecular weight is 317 g/mol. The van der Waals surface area contributed by atoms with Crippen molar-refractivity contribution in [1.82, 2.24) is 20.3 Å². The van der Waals surface area contributed by atoms with Crippen molar-refractivity contribution in [2.75, 3.05) is 5.32 Å². The van der Waals surface area contributed by atoms with Crippen LogP contribution in [0.15, 0.2) is 16.7 Å². The molecule has 0 spiro atoms. The van der Waals surface area contributed by atoms with Crippen molar-refractivity contribution in [2.45, 2.75) is 26.1 Å². The molecule has 0 fully saturated rings. The van der Waals surface area contributed by atoms with Gasteiger partial charge in [0.05, 0.1) is 12.2 Å². The highest BCUT2D eigenvalue weighted by atomic mass is 19.4. The van der Waals surface area contributed by atoms with Gasteiger partial charge in [-0.1, -0.05) is 12.1 Å². The third-order valence-corrected chi connectivity index (χ3v) is 2.85. The summed E-state index contributed by atoms with van der Waals surface area (Å²) in [6.45, 7) is 1.76. The van der Waals surface area contributed by atoms with Crippen molar-refractivity contribution in [3.63, 3.8) is 0 Å². The molecule has 2 amide bonds. The Morgan fingerprint density at radius 3 is 2.68 bits per heavy atom. The molecule has 2 aromatic heterocycles. The van der Waals surface area contributed by atoms with E-state index in [2.05, 4.69) is 20.9 Å². The maximum Gasteiger partial charge on any atom is 0.435 e. The largest absolute Gasteiger partial charge is 0.435 e. The lowest BCUT2D eigenvalue weighted by atomic mass is 10.3. The minimum absolute atomic E-state index is 0.107. The van der Waals surface area contributed by atoms with E-state index in [9.17, 15) is 18.0 Å². The Morgan fingerprint density at radius 2 is 2.14 bits per heavy atom. The molecule has 2 N–H and O–H groups in total. The van der Waals surface area contributed by atoms with Gasteiger partial charge < -0.3 is 9.84 Å². The second-order valence-electron chi connectivity index (χ2n) is 4.48. The average Bonchev–Trinajstić information content (AvgIpc) is 3.02. The van der Waals surface area contributed by atoms with Crippen molar-refractivity contribution >= 4 is 11.8 Å². The van der Waals surface area contributed by atoms with Gasteiger partial charge in [-0.2, -0.15) is 18.3 Å². The molecule has 0 aliphatic heterocycles. The number of aromatic nitrogens is 3. The molecule has 0 bridgehead atoms. The Kier molecular flexibility index (Phi) is 4.38. The van der Waals surface area contributed by atoms with Crippen LogP contribution < -0.4 is 10.6 Å². The van der Waals surface area contributed by atoms with E-state index >= 15 is 0 Å². The lowest BCUT2D eigenvalue weighted by Crippen LogP contribution is -2.29. The highest BCUT2D eigenvalue weighted by Crippen LogP contribution is 2.28. The van der Waals surface area contributed by atoms with E-state index in [0.29, 0.717) is 12.2 Å². The van der Waals surface area contributed by atoms with Crippen LogP contribution in [-0.4, -0.2) is 21.0 Å². The van der Waals surface area contributed by atoms with Crippen LogP contribution in [0.1, 0.15) is 24.1 Å². The lowest BCUT2D eigenvalue weighted by Gasteiger charge is -2.05. The second kappa shape index (κ2) is 6.08. The number of hydrogen-bond donors (Lipinski definition) is 2. The number of carbonyl (C=O) groups is 1. The van der Waals surface area contributed by atoms with Gasteiger partial charge in [0.25, 0.3) is 0 Å². The highest BCUT2D eigenvalue weighted by molar-refractivity contribution is 5.88. The van der Waals surface area contributed by atoms with Gasteiger partial charge in [0.2, 0.25) is 0 Å². The molecule has 0 radical (unpaired) electrons. The number of urea groups is 1. The second-order valence-corrected chi connectivity index (χ2v) is 4.48. The third-order valence-electron chi connectivity index (χ3n) is 2.85. The maximum atomic E-state index is 12.5. The zero-order chi connectivity index (χ0) is 16.3. The number of nitrogens with one attached hydrogen (secondary N) is 2. The van der Waals surface area contributed by atoms with E-state index in [1.807, 2.05) is 6.92 Å². The van der Waals surface area contributed by atoms with Gasteiger partial charge in [0.15, 0.2) is 11.5 Å². The molecule has 7 nitrogen and oxygen atoms in total. The van der Waals surface area contributed by atoms with Gasteiger partial charge in [0.1, 0.15) is 5.76 Å². The minimum Gasteiger partial charge on any atom is -0.359 e. The fourth-order valence-corrected chi connectivity index (χ4v) is 1.68.